The highest BCUT2D eigenvalue weighted by Crippen LogP contribution is 2.20. The molecule has 0 atom stereocenters. The summed E-state index contributed by atoms with van der Waals surface area (Å²) in [6.07, 6.45) is 5.24. The van der Waals surface area contributed by atoms with Crippen LogP contribution in [0.5, 0.6) is 0 Å². The summed E-state index contributed by atoms with van der Waals surface area (Å²) in [6, 6.07) is 6.88. The number of rotatable bonds is 2. The summed E-state index contributed by atoms with van der Waals surface area (Å²) >= 11 is 0. The Morgan fingerprint density at radius 3 is 2.57 bits per heavy atom. The molecule has 0 radical (unpaired) electrons. The lowest BCUT2D eigenvalue weighted by Crippen LogP contribution is -2.52. The number of terminal acetylenes is 1. The van der Waals surface area contributed by atoms with E-state index in [1.807, 2.05) is 12.1 Å². The second kappa shape index (κ2) is 8.72. The van der Waals surface area contributed by atoms with Crippen LogP contribution in [0.25, 0.3) is 0 Å². The molecule has 6 heteroatoms. The molecule has 0 bridgehead atoms. The van der Waals surface area contributed by atoms with Crippen LogP contribution in [0.2, 0.25) is 0 Å². The lowest BCUT2D eigenvalue weighted by atomic mass is 10.2. The van der Waals surface area contributed by atoms with Crippen molar-refractivity contribution in [2.24, 2.45) is 4.99 Å². The lowest BCUT2D eigenvalue weighted by Gasteiger charge is -2.37. The number of hydrogen-bond acceptors (Lipinski definition) is 2. The molecule has 1 heterocycles. The van der Waals surface area contributed by atoms with Crippen molar-refractivity contribution in [3.05, 3.63) is 30.1 Å². The first-order valence-corrected chi connectivity index (χ1v) is 6.65. The van der Waals surface area contributed by atoms with E-state index in [0.29, 0.717) is 12.2 Å². The maximum atomic E-state index is 13.7. The predicted octanol–water partition coefficient (Wildman–Crippen LogP) is 1.77. The van der Waals surface area contributed by atoms with Crippen molar-refractivity contribution in [3.63, 3.8) is 0 Å². The lowest BCUT2D eigenvalue weighted by molar-refractivity contribution is 0.372. The molecule has 1 N–H and O–H groups in total. The number of aliphatic imine (C=N–C) groups is 1. The average Bonchev–Trinajstić information content (AvgIpc) is 2.49. The minimum absolute atomic E-state index is 0. The van der Waals surface area contributed by atoms with Crippen LogP contribution >= 0.6 is 24.0 Å². The van der Waals surface area contributed by atoms with Gasteiger partial charge in [0.1, 0.15) is 5.82 Å². The van der Waals surface area contributed by atoms with Gasteiger partial charge in [-0.25, -0.2) is 4.39 Å². The van der Waals surface area contributed by atoms with E-state index in [4.69, 9.17) is 6.42 Å². The minimum Gasteiger partial charge on any atom is -0.366 e. The topological polar surface area (TPSA) is 30.9 Å². The molecule has 1 aromatic rings. The Morgan fingerprint density at radius 2 is 2.00 bits per heavy atom. The van der Waals surface area contributed by atoms with Gasteiger partial charge in [-0.2, -0.15) is 0 Å². The van der Waals surface area contributed by atoms with Crippen LogP contribution in [0.15, 0.2) is 29.3 Å². The van der Waals surface area contributed by atoms with Gasteiger partial charge in [0.2, 0.25) is 0 Å². The number of hydrogen-bond donors (Lipinski definition) is 1. The molecular formula is C15H20FIN4. The molecule has 1 aliphatic heterocycles. The van der Waals surface area contributed by atoms with E-state index >= 15 is 0 Å². The van der Waals surface area contributed by atoms with Crippen LogP contribution < -0.4 is 10.2 Å². The molecule has 0 aliphatic carbocycles. The molecule has 0 saturated carbocycles. The SMILES string of the molecule is C#CCNC(=NC)N1CCN(c2ccccc2F)CC1.I. The highest BCUT2D eigenvalue weighted by Gasteiger charge is 2.20. The van der Waals surface area contributed by atoms with Crippen LogP contribution in [-0.4, -0.2) is 50.6 Å². The Kier molecular flexibility index (Phi) is 7.29. The first-order valence-electron chi connectivity index (χ1n) is 6.65. The zero-order chi connectivity index (χ0) is 14.4. The number of para-hydroxylation sites is 1. The van der Waals surface area contributed by atoms with Crippen LogP contribution in [0.4, 0.5) is 10.1 Å². The molecular weight excluding hydrogens is 382 g/mol. The normalized spacial score (nSPS) is 15.2. The number of nitrogens with one attached hydrogen (secondary N) is 1. The Bertz CT molecular complexity index is 519. The van der Waals surface area contributed by atoms with Crippen LogP contribution in [0.3, 0.4) is 0 Å². The number of guanidine groups is 1. The van der Waals surface area contributed by atoms with Crippen molar-refractivity contribution in [3.8, 4) is 12.3 Å². The van der Waals surface area contributed by atoms with Crippen LogP contribution in [0, 0.1) is 18.2 Å². The fourth-order valence-corrected chi connectivity index (χ4v) is 2.33. The molecule has 2 rings (SSSR count). The molecule has 0 unspecified atom stereocenters. The second-order valence-corrected chi connectivity index (χ2v) is 4.53. The van der Waals surface area contributed by atoms with E-state index < -0.39 is 0 Å². The van der Waals surface area contributed by atoms with Crippen LogP contribution in [0.1, 0.15) is 0 Å². The molecule has 1 aromatic carbocycles. The van der Waals surface area contributed by atoms with Gasteiger partial charge >= 0.3 is 0 Å². The average molecular weight is 402 g/mol. The van der Waals surface area contributed by atoms with E-state index in [9.17, 15) is 4.39 Å². The predicted molar refractivity (Wildman–Crippen MR) is 95.8 cm³/mol. The van der Waals surface area contributed by atoms with Gasteiger partial charge in [0.05, 0.1) is 12.2 Å². The summed E-state index contributed by atoms with van der Waals surface area (Å²) in [5, 5.41) is 3.10. The Morgan fingerprint density at radius 1 is 1.33 bits per heavy atom. The fourth-order valence-electron chi connectivity index (χ4n) is 2.33. The van der Waals surface area contributed by atoms with Crippen molar-refractivity contribution in [1.29, 1.82) is 0 Å². The van der Waals surface area contributed by atoms with E-state index in [0.717, 1.165) is 32.1 Å². The Balaban J connectivity index is 0.00000220. The first-order chi connectivity index (χ1) is 9.76. The monoisotopic (exact) mass is 402 g/mol. The summed E-state index contributed by atoms with van der Waals surface area (Å²) in [6.45, 7) is 3.56. The van der Waals surface area contributed by atoms with Crippen molar-refractivity contribution >= 4 is 35.6 Å². The fraction of sp³-hybridized carbons (Fsp3) is 0.400. The molecule has 114 valence electrons. The minimum atomic E-state index is -0.171. The highest BCUT2D eigenvalue weighted by molar-refractivity contribution is 14.0. The third-order valence-electron chi connectivity index (χ3n) is 3.33. The summed E-state index contributed by atoms with van der Waals surface area (Å²) in [4.78, 5) is 8.40. The molecule has 0 amide bonds. The molecule has 21 heavy (non-hydrogen) atoms. The first kappa shape index (κ1) is 17.6. The van der Waals surface area contributed by atoms with Gasteiger partial charge in [-0.3, -0.25) is 4.99 Å². The van der Waals surface area contributed by atoms with Gasteiger partial charge in [-0.05, 0) is 12.1 Å². The standard InChI is InChI=1S/C15H19FN4.HI/c1-3-8-18-15(17-2)20-11-9-19(10-12-20)14-7-5-4-6-13(14)16;/h1,4-7H,8-12H2,2H3,(H,17,18);1H. The Labute approximate surface area is 142 Å². The number of piperazine rings is 1. The third-order valence-corrected chi connectivity index (χ3v) is 3.33. The van der Waals surface area contributed by atoms with E-state index in [1.54, 1.807) is 13.1 Å². The van der Waals surface area contributed by atoms with Crippen molar-refractivity contribution in [2.75, 3.05) is 44.7 Å². The van der Waals surface area contributed by atoms with Crippen LogP contribution in [-0.2, 0) is 0 Å². The zero-order valence-electron chi connectivity index (χ0n) is 12.1. The van der Waals surface area contributed by atoms with Gasteiger partial charge in [0.25, 0.3) is 0 Å². The molecule has 1 saturated heterocycles. The molecule has 1 aliphatic rings. The largest absolute Gasteiger partial charge is 0.366 e. The quantitative estimate of drug-likeness (QED) is 0.354. The van der Waals surface area contributed by atoms with E-state index in [-0.39, 0.29) is 29.8 Å². The maximum Gasteiger partial charge on any atom is 0.194 e. The Hall–Kier alpha value is -1.49. The summed E-state index contributed by atoms with van der Waals surface area (Å²) in [5.74, 6) is 3.17. The molecule has 0 spiro atoms. The summed E-state index contributed by atoms with van der Waals surface area (Å²) in [7, 11) is 1.74. The summed E-state index contributed by atoms with van der Waals surface area (Å²) in [5.41, 5.74) is 0.665. The van der Waals surface area contributed by atoms with E-state index in [2.05, 4.69) is 26.0 Å². The van der Waals surface area contributed by atoms with Crippen molar-refractivity contribution in [1.82, 2.24) is 10.2 Å². The van der Waals surface area contributed by atoms with Gasteiger partial charge in [-0.1, -0.05) is 18.1 Å². The maximum absolute atomic E-state index is 13.7. The van der Waals surface area contributed by atoms with Gasteiger partial charge in [0, 0.05) is 33.2 Å². The van der Waals surface area contributed by atoms with E-state index in [1.165, 1.54) is 6.07 Å². The van der Waals surface area contributed by atoms with Gasteiger partial charge < -0.3 is 15.1 Å². The number of halogens is 2. The number of benzene rings is 1. The third kappa shape index (κ3) is 4.49. The highest BCUT2D eigenvalue weighted by atomic mass is 127. The summed E-state index contributed by atoms with van der Waals surface area (Å²) < 4.78 is 13.7. The van der Waals surface area contributed by atoms with Crippen molar-refractivity contribution in [2.45, 2.75) is 0 Å². The zero-order valence-corrected chi connectivity index (χ0v) is 14.4. The number of nitrogens with zero attached hydrogens (tertiary/aromatic N) is 3. The molecule has 0 aromatic heterocycles. The van der Waals surface area contributed by atoms with Crippen molar-refractivity contribution < 1.29 is 4.39 Å². The smallest absolute Gasteiger partial charge is 0.194 e. The van der Waals surface area contributed by atoms with Gasteiger partial charge in [0.15, 0.2) is 5.96 Å². The van der Waals surface area contributed by atoms with Gasteiger partial charge in [-0.15, -0.1) is 30.4 Å². The molecule has 1 fully saturated rings. The second-order valence-electron chi connectivity index (χ2n) is 4.53. The molecule has 4 nitrogen and oxygen atoms in total. The number of anilines is 1.